The third-order valence-corrected chi connectivity index (χ3v) is 6.23. The number of benzene rings is 3. The standard InChI is InChI=1S/C28H31N3O3/c1-19-14-15-24-26(30-34-21(3)28(32)33)23-12-7-8-13-25(23)31(27(24)20(19)2)17-9-16-29-18-22-10-5-4-6-11-22/h4-8,10-15,21,29H,9,16-18H2,1-3H3,(H,32,33). The van der Waals surface area contributed by atoms with E-state index in [1.165, 1.54) is 23.6 Å². The van der Waals surface area contributed by atoms with Gasteiger partial charge in [0.05, 0.1) is 11.0 Å². The van der Waals surface area contributed by atoms with Crippen molar-refractivity contribution < 1.29 is 14.7 Å². The smallest absolute Gasteiger partial charge is 0.347 e. The molecule has 0 saturated carbocycles. The van der Waals surface area contributed by atoms with Gasteiger partial charge >= 0.3 is 5.97 Å². The second kappa shape index (κ2) is 10.5. The lowest BCUT2D eigenvalue weighted by molar-refractivity contribution is -0.149. The third kappa shape index (κ3) is 4.97. The van der Waals surface area contributed by atoms with E-state index in [1.54, 1.807) is 0 Å². The molecule has 0 radical (unpaired) electrons. The number of nitrogens with zero attached hydrogens (tertiary/aromatic N) is 2. The Morgan fingerprint density at radius 1 is 1.03 bits per heavy atom. The average molecular weight is 458 g/mol. The number of hydrogen-bond acceptors (Lipinski definition) is 4. The number of rotatable bonds is 9. The molecule has 0 spiro atoms. The van der Waals surface area contributed by atoms with Gasteiger partial charge < -0.3 is 19.8 Å². The maximum absolute atomic E-state index is 11.3. The van der Waals surface area contributed by atoms with Crippen molar-refractivity contribution in [2.24, 2.45) is 5.16 Å². The molecule has 0 aliphatic rings. The number of carboxylic acid groups (broad SMARTS) is 1. The Balaban J connectivity index is 1.72. The number of para-hydroxylation sites is 1. The molecule has 1 aromatic heterocycles. The van der Waals surface area contributed by atoms with Crippen LogP contribution in [0, 0.1) is 13.8 Å². The molecule has 3 aromatic carbocycles. The van der Waals surface area contributed by atoms with Crippen LogP contribution in [0.3, 0.4) is 0 Å². The topological polar surface area (TPSA) is 75.8 Å². The second-order valence-electron chi connectivity index (χ2n) is 8.61. The van der Waals surface area contributed by atoms with Crippen LogP contribution in [-0.4, -0.2) is 28.3 Å². The zero-order chi connectivity index (χ0) is 24.1. The lowest BCUT2D eigenvalue weighted by Crippen LogP contribution is -2.21. The van der Waals surface area contributed by atoms with Crippen LogP contribution in [0.1, 0.15) is 30.0 Å². The van der Waals surface area contributed by atoms with Crippen molar-refractivity contribution in [3.05, 3.63) is 88.8 Å². The van der Waals surface area contributed by atoms with Gasteiger partial charge in [-0.2, -0.15) is 0 Å². The number of carbonyl (C=O) groups is 1. The van der Waals surface area contributed by atoms with Gasteiger partial charge in [0.25, 0.3) is 0 Å². The minimum Gasteiger partial charge on any atom is -0.478 e. The van der Waals surface area contributed by atoms with E-state index in [0.717, 1.165) is 47.9 Å². The average Bonchev–Trinajstić information content (AvgIpc) is 2.85. The van der Waals surface area contributed by atoms with E-state index >= 15 is 0 Å². The van der Waals surface area contributed by atoms with Gasteiger partial charge in [0.2, 0.25) is 6.10 Å². The van der Waals surface area contributed by atoms with Crippen LogP contribution in [0.25, 0.3) is 21.8 Å². The van der Waals surface area contributed by atoms with Crippen LogP contribution in [0.2, 0.25) is 0 Å². The molecule has 1 heterocycles. The van der Waals surface area contributed by atoms with Gasteiger partial charge in [0.1, 0.15) is 5.36 Å². The predicted molar refractivity (Wildman–Crippen MR) is 135 cm³/mol. The first kappa shape index (κ1) is 23.5. The first-order valence-corrected chi connectivity index (χ1v) is 11.7. The normalized spacial score (nSPS) is 12.9. The minimum absolute atomic E-state index is 0.667. The molecule has 6 nitrogen and oxygen atoms in total. The molecule has 0 amide bonds. The lowest BCUT2D eigenvalue weighted by atomic mass is 10.0. The van der Waals surface area contributed by atoms with Crippen molar-refractivity contribution in [2.75, 3.05) is 6.54 Å². The highest BCUT2D eigenvalue weighted by atomic mass is 16.6. The number of pyridine rings is 1. The van der Waals surface area contributed by atoms with Crippen molar-refractivity contribution in [1.82, 2.24) is 9.88 Å². The van der Waals surface area contributed by atoms with Crippen LogP contribution in [0.15, 0.2) is 71.9 Å². The maximum Gasteiger partial charge on any atom is 0.347 e. The molecule has 176 valence electrons. The fraction of sp³-hybridized carbons (Fsp3) is 0.286. The summed E-state index contributed by atoms with van der Waals surface area (Å²) < 4.78 is 2.36. The van der Waals surface area contributed by atoms with E-state index < -0.39 is 12.1 Å². The predicted octanol–water partition coefficient (Wildman–Crippen LogP) is 4.90. The van der Waals surface area contributed by atoms with Crippen LogP contribution in [-0.2, 0) is 22.7 Å². The summed E-state index contributed by atoms with van der Waals surface area (Å²) in [7, 11) is 0. The molecular weight excluding hydrogens is 426 g/mol. The Kier molecular flexibility index (Phi) is 7.28. The number of aliphatic carboxylic acids is 1. The van der Waals surface area contributed by atoms with E-state index in [0.29, 0.717) is 5.36 Å². The van der Waals surface area contributed by atoms with Crippen molar-refractivity contribution in [2.45, 2.75) is 46.4 Å². The number of aromatic nitrogens is 1. The fourth-order valence-electron chi connectivity index (χ4n) is 4.21. The first-order chi connectivity index (χ1) is 16.5. The van der Waals surface area contributed by atoms with Gasteiger partial charge in [0, 0.05) is 23.9 Å². The SMILES string of the molecule is Cc1ccc2c(=NOC(C)C(=O)O)c3ccccc3n(CCCNCc3ccccc3)c2c1C. The molecule has 0 aliphatic heterocycles. The van der Waals surface area contributed by atoms with Crippen LogP contribution >= 0.6 is 0 Å². The zero-order valence-corrected chi connectivity index (χ0v) is 19.9. The zero-order valence-electron chi connectivity index (χ0n) is 19.9. The van der Waals surface area contributed by atoms with Gasteiger partial charge in [-0.1, -0.05) is 65.8 Å². The molecule has 0 saturated heterocycles. The molecule has 0 bridgehead atoms. The molecule has 1 atom stereocenters. The van der Waals surface area contributed by atoms with Gasteiger partial charge in [-0.15, -0.1) is 0 Å². The Bertz CT molecular complexity index is 1380. The summed E-state index contributed by atoms with van der Waals surface area (Å²) in [4.78, 5) is 16.6. The summed E-state index contributed by atoms with van der Waals surface area (Å²) in [6, 6.07) is 22.6. The number of hydrogen-bond donors (Lipinski definition) is 2. The monoisotopic (exact) mass is 457 g/mol. The molecule has 2 N–H and O–H groups in total. The quantitative estimate of drug-likeness (QED) is 0.213. The Labute approximate surface area is 199 Å². The number of nitrogens with one attached hydrogen (secondary N) is 1. The van der Waals surface area contributed by atoms with E-state index in [1.807, 2.05) is 24.3 Å². The summed E-state index contributed by atoms with van der Waals surface area (Å²) in [5.74, 6) is -1.04. The summed E-state index contributed by atoms with van der Waals surface area (Å²) in [6.45, 7) is 8.31. The minimum atomic E-state index is -1.04. The van der Waals surface area contributed by atoms with Crippen molar-refractivity contribution in [3.63, 3.8) is 0 Å². The van der Waals surface area contributed by atoms with E-state index in [4.69, 9.17) is 4.84 Å². The van der Waals surface area contributed by atoms with Gasteiger partial charge in [-0.05, 0) is 56.5 Å². The molecule has 4 rings (SSSR count). The highest BCUT2D eigenvalue weighted by Gasteiger charge is 2.15. The Morgan fingerprint density at radius 2 is 1.76 bits per heavy atom. The highest BCUT2D eigenvalue weighted by molar-refractivity contribution is 5.95. The number of carboxylic acids is 1. The largest absolute Gasteiger partial charge is 0.478 e. The summed E-state index contributed by atoms with van der Waals surface area (Å²) >= 11 is 0. The van der Waals surface area contributed by atoms with Crippen LogP contribution in [0.4, 0.5) is 0 Å². The number of fused-ring (bicyclic) bond motifs is 2. The third-order valence-electron chi connectivity index (χ3n) is 6.23. The molecule has 34 heavy (non-hydrogen) atoms. The maximum atomic E-state index is 11.3. The Morgan fingerprint density at radius 3 is 2.53 bits per heavy atom. The first-order valence-electron chi connectivity index (χ1n) is 11.7. The van der Waals surface area contributed by atoms with Crippen LogP contribution in [0.5, 0.6) is 0 Å². The van der Waals surface area contributed by atoms with Crippen molar-refractivity contribution in [1.29, 1.82) is 0 Å². The second-order valence-corrected chi connectivity index (χ2v) is 8.61. The van der Waals surface area contributed by atoms with Gasteiger partial charge in [0.15, 0.2) is 0 Å². The molecule has 0 fully saturated rings. The molecular formula is C28H31N3O3. The molecule has 1 unspecified atom stereocenters. The highest BCUT2D eigenvalue weighted by Crippen LogP contribution is 2.25. The number of aryl methyl sites for hydroxylation is 3. The van der Waals surface area contributed by atoms with Gasteiger partial charge in [-0.25, -0.2) is 4.79 Å². The van der Waals surface area contributed by atoms with E-state index in [9.17, 15) is 9.90 Å². The van der Waals surface area contributed by atoms with E-state index in [2.05, 4.69) is 71.4 Å². The van der Waals surface area contributed by atoms with Crippen molar-refractivity contribution in [3.8, 4) is 0 Å². The lowest BCUT2D eigenvalue weighted by Gasteiger charge is -2.19. The summed E-state index contributed by atoms with van der Waals surface area (Å²) in [6.07, 6.45) is -0.0594. The summed E-state index contributed by atoms with van der Waals surface area (Å²) in [5, 5.41) is 19.7. The molecule has 6 heteroatoms. The summed E-state index contributed by atoms with van der Waals surface area (Å²) in [5.41, 5.74) is 5.82. The molecule has 0 aliphatic carbocycles. The Hall–Kier alpha value is -3.64. The van der Waals surface area contributed by atoms with Crippen molar-refractivity contribution >= 4 is 27.8 Å². The van der Waals surface area contributed by atoms with Gasteiger partial charge in [-0.3, -0.25) is 0 Å². The van der Waals surface area contributed by atoms with E-state index in [-0.39, 0.29) is 0 Å². The van der Waals surface area contributed by atoms with Crippen LogP contribution < -0.4 is 10.7 Å². The molecule has 4 aromatic rings. The fourth-order valence-corrected chi connectivity index (χ4v) is 4.21.